The standard InChI is InChI=1S/C12H8Cl2O3S2/c13-8-1-3-9(4-2-8)19(16,17)7-10(15)11-5-6-12(14)18-11/h1-6H,7H2. The fraction of sp³-hybridized carbons (Fsp3) is 0.0833. The number of sulfone groups is 1. The molecule has 0 radical (unpaired) electrons. The highest BCUT2D eigenvalue weighted by Gasteiger charge is 2.21. The van der Waals surface area contributed by atoms with Gasteiger partial charge < -0.3 is 0 Å². The molecule has 1 aromatic carbocycles. The van der Waals surface area contributed by atoms with Gasteiger partial charge in [0.15, 0.2) is 15.6 Å². The van der Waals surface area contributed by atoms with Crippen molar-refractivity contribution in [3.63, 3.8) is 0 Å². The maximum atomic E-state index is 12.0. The van der Waals surface area contributed by atoms with Crippen molar-refractivity contribution in [3.05, 3.63) is 50.6 Å². The van der Waals surface area contributed by atoms with Gasteiger partial charge in [0.05, 0.1) is 14.1 Å². The molecule has 1 aromatic heterocycles. The van der Waals surface area contributed by atoms with Crippen molar-refractivity contribution in [2.75, 3.05) is 5.75 Å². The van der Waals surface area contributed by atoms with Crippen molar-refractivity contribution < 1.29 is 13.2 Å². The van der Waals surface area contributed by atoms with Crippen LogP contribution in [-0.2, 0) is 9.84 Å². The number of ketones is 1. The molecule has 0 aliphatic heterocycles. The number of halogens is 2. The number of thiophene rings is 1. The Kier molecular flexibility index (Phi) is 4.30. The summed E-state index contributed by atoms with van der Waals surface area (Å²) in [5.74, 6) is -1.04. The van der Waals surface area contributed by atoms with E-state index in [0.29, 0.717) is 14.2 Å². The first-order valence-corrected chi connectivity index (χ1v) is 8.38. The molecular weight excluding hydrogens is 327 g/mol. The lowest BCUT2D eigenvalue weighted by molar-refractivity contribution is 0.102. The Morgan fingerprint density at radius 3 is 2.21 bits per heavy atom. The normalized spacial score (nSPS) is 11.5. The monoisotopic (exact) mass is 334 g/mol. The van der Waals surface area contributed by atoms with E-state index in [9.17, 15) is 13.2 Å². The van der Waals surface area contributed by atoms with Crippen molar-refractivity contribution in [1.82, 2.24) is 0 Å². The Bertz CT molecular complexity index is 703. The van der Waals surface area contributed by atoms with Gasteiger partial charge in [0.1, 0.15) is 5.75 Å². The molecular formula is C12H8Cl2O3S2. The van der Waals surface area contributed by atoms with Gasteiger partial charge in [-0.25, -0.2) is 8.42 Å². The van der Waals surface area contributed by atoms with E-state index < -0.39 is 21.4 Å². The quantitative estimate of drug-likeness (QED) is 0.801. The van der Waals surface area contributed by atoms with Crippen LogP contribution in [0.25, 0.3) is 0 Å². The molecule has 0 atom stereocenters. The van der Waals surface area contributed by atoms with Crippen molar-refractivity contribution in [2.45, 2.75) is 4.90 Å². The van der Waals surface area contributed by atoms with E-state index in [1.54, 1.807) is 6.07 Å². The first-order valence-electron chi connectivity index (χ1n) is 5.15. The van der Waals surface area contributed by atoms with Gasteiger partial charge in [-0.1, -0.05) is 23.2 Å². The molecule has 0 saturated heterocycles. The summed E-state index contributed by atoms with van der Waals surface area (Å²) in [5.41, 5.74) is 0. The average molecular weight is 335 g/mol. The number of hydrogen-bond acceptors (Lipinski definition) is 4. The topological polar surface area (TPSA) is 51.2 Å². The van der Waals surface area contributed by atoms with E-state index in [2.05, 4.69) is 0 Å². The summed E-state index contributed by atoms with van der Waals surface area (Å²) in [6, 6.07) is 8.79. The Balaban J connectivity index is 2.22. The highest BCUT2D eigenvalue weighted by molar-refractivity contribution is 7.92. The average Bonchev–Trinajstić information content (AvgIpc) is 2.76. The zero-order valence-electron chi connectivity index (χ0n) is 9.47. The summed E-state index contributed by atoms with van der Waals surface area (Å²) in [5, 5.41) is 0.440. The van der Waals surface area contributed by atoms with Crippen LogP contribution in [0.15, 0.2) is 41.3 Å². The maximum absolute atomic E-state index is 12.0. The molecule has 3 nitrogen and oxygen atoms in total. The lowest BCUT2D eigenvalue weighted by Crippen LogP contribution is -2.15. The summed E-state index contributed by atoms with van der Waals surface area (Å²) in [6.45, 7) is 0. The minimum atomic E-state index is -3.66. The zero-order valence-corrected chi connectivity index (χ0v) is 12.6. The number of hydrogen-bond donors (Lipinski definition) is 0. The molecule has 0 aliphatic rings. The Morgan fingerprint density at radius 2 is 1.68 bits per heavy atom. The predicted molar refractivity (Wildman–Crippen MR) is 77.2 cm³/mol. The van der Waals surface area contributed by atoms with Crippen LogP contribution in [0.2, 0.25) is 9.36 Å². The molecule has 0 bridgehead atoms. The number of carbonyl (C=O) groups excluding carboxylic acids is 1. The molecule has 0 N–H and O–H groups in total. The van der Waals surface area contributed by atoms with E-state index in [1.165, 1.54) is 30.3 Å². The molecule has 0 saturated carbocycles. The third kappa shape index (κ3) is 3.57. The van der Waals surface area contributed by atoms with Crippen LogP contribution in [0.3, 0.4) is 0 Å². The first kappa shape index (κ1) is 14.5. The molecule has 0 amide bonds. The molecule has 2 rings (SSSR count). The summed E-state index contributed by atoms with van der Waals surface area (Å²) >= 11 is 12.5. The van der Waals surface area contributed by atoms with Gasteiger partial charge in [-0.3, -0.25) is 4.79 Å². The van der Waals surface area contributed by atoms with E-state index in [0.717, 1.165) is 11.3 Å². The van der Waals surface area contributed by atoms with Crippen LogP contribution in [0.4, 0.5) is 0 Å². The fourth-order valence-corrected chi connectivity index (χ4v) is 3.85. The van der Waals surface area contributed by atoms with Crippen molar-refractivity contribution in [2.24, 2.45) is 0 Å². The van der Waals surface area contributed by atoms with Gasteiger partial charge in [-0.05, 0) is 36.4 Å². The van der Waals surface area contributed by atoms with Gasteiger partial charge >= 0.3 is 0 Å². The van der Waals surface area contributed by atoms with Gasteiger partial charge in [-0.2, -0.15) is 0 Å². The molecule has 2 aromatic rings. The van der Waals surface area contributed by atoms with E-state index in [1.807, 2.05) is 0 Å². The van der Waals surface area contributed by atoms with Gasteiger partial charge in [0.25, 0.3) is 0 Å². The van der Waals surface area contributed by atoms with Crippen molar-refractivity contribution in [1.29, 1.82) is 0 Å². The second-order valence-corrected chi connectivity index (χ2v) is 7.88. The second kappa shape index (κ2) is 5.63. The van der Waals surface area contributed by atoms with E-state index in [4.69, 9.17) is 23.2 Å². The van der Waals surface area contributed by atoms with Crippen LogP contribution < -0.4 is 0 Å². The lowest BCUT2D eigenvalue weighted by atomic mass is 10.3. The molecule has 7 heteroatoms. The van der Waals surface area contributed by atoms with Crippen LogP contribution in [-0.4, -0.2) is 20.0 Å². The molecule has 0 spiro atoms. The minimum absolute atomic E-state index is 0.0768. The van der Waals surface area contributed by atoms with Crippen molar-refractivity contribution >= 4 is 50.2 Å². The molecule has 0 fully saturated rings. The SMILES string of the molecule is O=C(CS(=O)(=O)c1ccc(Cl)cc1)c1ccc(Cl)s1. The lowest BCUT2D eigenvalue weighted by Gasteiger charge is -2.03. The van der Waals surface area contributed by atoms with Crippen LogP contribution in [0, 0.1) is 0 Å². The maximum Gasteiger partial charge on any atom is 0.188 e. The molecule has 19 heavy (non-hydrogen) atoms. The fourth-order valence-electron chi connectivity index (χ4n) is 1.43. The third-order valence-corrected chi connectivity index (χ3v) is 5.50. The first-order chi connectivity index (χ1) is 8.88. The van der Waals surface area contributed by atoms with Gasteiger partial charge in [-0.15, -0.1) is 11.3 Å². The molecule has 1 heterocycles. The van der Waals surface area contributed by atoms with Gasteiger partial charge in [0.2, 0.25) is 0 Å². The van der Waals surface area contributed by atoms with E-state index in [-0.39, 0.29) is 4.90 Å². The van der Waals surface area contributed by atoms with Gasteiger partial charge in [0, 0.05) is 5.02 Å². The number of benzene rings is 1. The smallest absolute Gasteiger partial charge is 0.188 e. The van der Waals surface area contributed by atoms with Crippen LogP contribution in [0.1, 0.15) is 9.67 Å². The summed E-state index contributed by atoms with van der Waals surface area (Å²) in [7, 11) is -3.66. The Labute approximate surface area is 124 Å². The molecule has 0 aliphatic carbocycles. The van der Waals surface area contributed by atoms with E-state index >= 15 is 0 Å². The summed E-state index contributed by atoms with van der Waals surface area (Å²) in [4.78, 5) is 12.3. The molecule has 0 unspecified atom stereocenters. The second-order valence-electron chi connectivity index (χ2n) is 3.74. The summed E-state index contributed by atoms with van der Waals surface area (Å²) < 4.78 is 24.5. The predicted octanol–water partition coefficient (Wildman–Crippen LogP) is 3.71. The largest absolute Gasteiger partial charge is 0.292 e. The Hall–Kier alpha value is -0.880. The number of carbonyl (C=O) groups is 1. The zero-order chi connectivity index (χ0) is 14.0. The van der Waals surface area contributed by atoms with Crippen molar-refractivity contribution in [3.8, 4) is 0 Å². The number of Topliss-reactive ketones (excluding diaryl/α,β-unsaturated/α-hetero) is 1. The highest BCUT2D eigenvalue weighted by Crippen LogP contribution is 2.23. The minimum Gasteiger partial charge on any atom is -0.292 e. The Morgan fingerprint density at radius 1 is 1.05 bits per heavy atom. The highest BCUT2D eigenvalue weighted by atomic mass is 35.5. The molecule has 100 valence electrons. The van der Waals surface area contributed by atoms with Crippen LogP contribution >= 0.6 is 34.5 Å². The summed E-state index contributed by atoms with van der Waals surface area (Å²) in [6.07, 6.45) is 0. The van der Waals surface area contributed by atoms with Crippen LogP contribution in [0.5, 0.6) is 0 Å². The number of rotatable bonds is 4. The third-order valence-electron chi connectivity index (χ3n) is 2.34.